The van der Waals surface area contributed by atoms with Crippen molar-refractivity contribution in [1.29, 1.82) is 0 Å². The predicted octanol–water partition coefficient (Wildman–Crippen LogP) is 2.92. The van der Waals surface area contributed by atoms with Crippen LogP contribution >= 0.6 is 11.5 Å². The van der Waals surface area contributed by atoms with Crippen LogP contribution in [0.2, 0.25) is 0 Å². The summed E-state index contributed by atoms with van der Waals surface area (Å²) in [6.07, 6.45) is 7.03. The fourth-order valence-electron chi connectivity index (χ4n) is 2.25. The maximum Gasteiger partial charge on any atom is 0.130 e. The van der Waals surface area contributed by atoms with Crippen LogP contribution in [0.1, 0.15) is 39.5 Å². The first-order valence-electron chi connectivity index (χ1n) is 5.20. The first-order valence-corrected chi connectivity index (χ1v) is 5.97. The molecule has 0 saturated heterocycles. The summed E-state index contributed by atoms with van der Waals surface area (Å²) in [7, 11) is 0. The third-order valence-electron chi connectivity index (χ3n) is 2.91. The van der Waals surface area contributed by atoms with E-state index in [1.165, 1.54) is 37.2 Å². The zero-order chi connectivity index (χ0) is 10.0. The normalized spacial score (nSPS) is 26.0. The van der Waals surface area contributed by atoms with Gasteiger partial charge in [0.2, 0.25) is 0 Å². The second-order valence-electron chi connectivity index (χ2n) is 4.88. The van der Waals surface area contributed by atoms with Crippen LogP contribution in [-0.4, -0.2) is 15.6 Å². The third kappa shape index (κ3) is 2.44. The number of aromatic nitrogens is 2. The molecule has 78 valence electrons. The fourth-order valence-corrected chi connectivity index (χ4v) is 2.75. The van der Waals surface area contributed by atoms with Gasteiger partial charge in [-0.3, -0.25) is 0 Å². The Labute approximate surface area is 89.1 Å². The van der Waals surface area contributed by atoms with Crippen molar-refractivity contribution in [2.24, 2.45) is 5.41 Å². The Morgan fingerprint density at radius 1 is 1.57 bits per heavy atom. The number of nitrogens with one attached hydrogen (secondary N) is 1. The van der Waals surface area contributed by atoms with E-state index in [4.69, 9.17) is 0 Å². The lowest BCUT2D eigenvalue weighted by molar-refractivity contribution is 0.229. The first kappa shape index (κ1) is 9.90. The van der Waals surface area contributed by atoms with Gasteiger partial charge in [-0.15, -0.1) is 5.10 Å². The topological polar surface area (TPSA) is 37.8 Å². The predicted molar refractivity (Wildman–Crippen MR) is 59.6 cm³/mol. The van der Waals surface area contributed by atoms with Crippen molar-refractivity contribution in [2.75, 3.05) is 5.32 Å². The molecule has 1 aliphatic carbocycles. The molecule has 2 rings (SSSR count). The van der Waals surface area contributed by atoms with E-state index in [1.54, 1.807) is 0 Å². The highest BCUT2D eigenvalue weighted by atomic mass is 32.1. The molecule has 0 aromatic carbocycles. The van der Waals surface area contributed by atoms with Gasteiger partial charge in [0.05, 0.1) is 6.20 Å². The molecule has 1 aromatic heterocycles. The van der Waals surface area contributed by atoms with Gasteiger partial charge in [-0.25, -0.2) is 0 Å². The lowest BCUT2D eigenvalue weighted by Crippen LogP contribution is -2.31. The van der Waals surface area contributed by atoms with Crippen LogP contribution < -0.4 is 5.32 Å². The van der Waals surface area contributed by atoms with Crippen LogP contribution in [0.3, 0.4) is 0 Å². The summed E-state index contributed by atoms with van der Waals surface area (Å²) in [6.45, 7) is 4.71. The van der Waals surface area contributed by atoms with Gasteiger partial charge in [-0.2, -0.15) is 0 Å². The molecule has 1 unspecified atom stereocenters. The quantitative estimate of drug-likeness (QED) is 0.817. The summed E-state index contributed by atoms with van der Waals surface area (Å²) in [6, 6.07) is 0.612. The van der Waals surface area contributed by atoms with E-state index >= 15 is 0 Å². The van der Waals surface area contributed by atoms with Crippen molar-refractivity contribution < 1.29 is 0 Å². The number of hydrogen-bond donors (Lipinski definition) is 1. The highest BCUT2D eigenvalue weighted by Gasteiger charge is 2.27. The lowest BCUT2D eigenvalue weighted by atomic mass is 9.75. The Hall–Kier alpha value is -0.640. The first-order chi connectivity index (χ1) is 6.66. The van der Waals surface area contributed by atoms with Gasteiger partial charge in [0.15, 0.2) is 0 Å². The molecule has 1 heterocycles. The number of hydrogen-bond acceptors (Lipinski definition) is 4. The highest BCUT2D eigenvalue weighted by molar-refractivity contribution is 7.09. The molecule has 1 aliphatic rings. The Bertz CT molecular complexity index is 282. The van der Waals surface area contributed by atoms with Crippen molar-refractivity contribution in [3.05, 3.63) is 6.20 Å². The Morgan fingerprint density at radius 2 is 2.43 bits per heavy atom. The van der Waals surface area contributed by atoms with Crippen LogP contribution in [0.25, 0.3) is 0 Å². The van der Waals surface area contributed by atoms with Gasteiger partial charge in [-0.1, -0.05) is 24.8 Å². The molecular weight excluding hydrogens is 194 g/mol. The molecule has 0 spiro atoms. The number of nitrogens with zero attached hydrogens (tertiary/aromatic N) is 2. The van der Waals surface area contributed by atoms with Crippen molar-refractivity contribution in [3.8, 4) is 0 Å². The molecule has 1 N–H and O–H groups in total. The number of rotatable bonds is 2. The molecule has 14 heavy (non-hydrogen) atoms. The molecule has 1 fully saturated rings. The average Bonchev–Trinajstić information content (AvgIpc) is 2.54. The van der Waals surface area contributed by atoms with Gasteiger partial charge < -0.3 is 5.32 Å². The largest absolute Gasteiger partial charge is 0.372 e. The van der Waals surface area contributed by atoms with E-state index in [-0.39, 0.29) is 0 Å². The molecule has 4 heteroatoms. The standard InChI is InChI=1S/C10H17N3S/c1-10(2)5-3-4-8(6-10)12-9-7-11-13-14-9/h7-8,12H,3-6H2,1-2H3. The smallest absolute Gasteiger partial charge is 0.130 e. The summed E-state index contributed by atoms with van der Waals surface area (Å²) in [5.41, 5.74) is 0.494. The van der Waals surface area contributed by atoms with E-state index in [9.17, 15) is 0 Å². The summed E-state index contributed by atoms with van der Waals surface area (Å²) >= 11 is 1.44. The van der Waals surface area contributed by atoms with E-state index in [0.29, 0.717) is 11.5 Å². The summed E-state index contributed by atoms with van der Waals surface area (Å²) in [5.74, 6) is 0. The zero-order valence-corrected chi connectivity index (χ0v) is 9.60. The Morgan fingerprint density at radius 3 is 3.07 bits per heavy atom. The van der Waals surface area contributed by atoms with Crippen molar-refractivity contribution >= 4 is 16.5 Å². The minimum atomic E-state index is 0.494. The molecule has 0 bridgehead atoms. The van der Waals surface area contributed by atoms with Gasteiger partial charge in [-0.05, 0) is 24.7 Å². The third-order valence-corrected chi connectivity index (χ3v) is 3.51. The van der Waals surface area contributed by atoms with Crippen molar-refractivity contribution in [1.82, 2.24) is 9.59 Å². The minimum Gasteiger partial charge on any atom is -0.372 e. The van der Waals surface area contributed by atoms with Gasteiger partial charge >= 0.3 is 0 Å². The molecule has 0 aliphatic heterocycles. The summed E-state index contributed by atoms with van der Waals surface area (Å²) in [4.78, 5) is 0. The van der Waals surface area contributed by atoms with Crippen molar-refractivity contribution in [2.45, 2.75) is 45.6 Å². The van der Waals surface area contributed by atoms with Crippen LogP contribution in [0.5, 0.6) is 0 Å². The average molecular weight is 211 g/mol. The zero-order valence-electron chi connectivity index (χ0n) is 8.79. The lowest BCUT2D eigenvalue weighted by Gasteiger charge is -2.35. The van der Waals surface area contributed by atoms with Crippen LogP contribution in [0, 0.1) is 5.41 Å². The molecule has 1 aromatic rings. The molecule has 1 saturated carbocycles. The van der Waals surface area contributed by atoms with Gasteiger partial charge in [0, 0.05) is 17.6 Å². The molecular formula is C10H17N3S. The summed E-state index contributed by atoms with van der Waals surface area (Å²) in [5, 5.41) is 8.44. The fraction of sp³-hybridized carbons (Fsp3) is 0.800. The Kier molecular flexibility index (Phi) is 2.72. The van der Waals surface area contributed by atoms with Crippen LogP contribution in [-0.2, 0) is 0 Å². The SMILES string of the molecule is CC1(C)CCCC(Nc2cnns2)C1. The monoisotopic (exact) mass is 211 g/mol. The van der Waals surface area contributed by atoms with Crippen molar-refractivity contribution in [3.63, 3.8) is 0 Å². The van der Waals surface area contributed by atoms with Crippen LogP contribution in [0.4, 0.5) is 5.00 Å². The van der Waals surface area contributed by atoms with E-state index in [1.807, 2.05) is 6.20 Å². The van der Waals surface area contributed by atoms with Gasteiger partial charge in [0.25, 0.3) is 0 Å². The maximum atomic E-state index is 3.85. The number of anilines is 1. The molecule has 0 radical (unpaired) electrons. The minimum absolute atomic E-state index is 0.494. The maximum absolute atomic E-state index is 3.85. The Balaban J connectivity index is 1.92. The van der Waals surface area contributed by atoms with Gasteiger partial charge in [0.1, 0.15) is 5.00 Å². The van der Waals surface area contributed by atoms with E-state index in [2.05, 4.69) is 28.8 Å². The highest BCUT2D eigenvalue weighted by Crippen LogP contribution is 2.36. The van der Waals surface area contributed by atoms with Crippen LogP contribution in [0.15, 0.2) is 6.20 Å². The second-order valence-corrected chi connectivity index (χ2v) is 5.67. The molecule has 1 atom stereocenters. The summed E-state index contributed by atoms with van der Waals surface area (Å²) < 4.78 is 3.85. The molecule has 0 amide bonds. The molecule has 3 nitrogen and oxygen atoms in total. The van der Waals surface area contributed by atoms with E-state index in [0.717, 1.165) is 5.00 Å². The van der Waals surface area contributed by atoms with E-state index < -0.39 is 0 Å². The second kappa shape index (κ2) is 3.85.